The number of benzene rings is 2. The summed E-state index contributed by atoms with van der Waals surface area (Å²) in [6.45, 7) is 3.05. The zero-order chi connectivity index (χ0) is 19.3. The van der Waals surface area contributed by atoms with Crippen LogP contribution in [0.2, 0.25) is 0 Å². The maximum atomic E-state index is 13.8. The number of hydrogen-bond acceptors (Lipinski definition) is 4. The number of hydrogen-bond donors (Lipinski definition) is 2. The standard InChI is InChI=1S/C18H21FN2O4S/c1-12(16-6-4-5-7-17(16)19)20-18(22)13(2)21-26(23,24)15-10-8-14(25-3)9-11-15/h4-13,21H,1-3H3,(H,20,22)/t12?,13-/m0/s1. The molecule has 0 aliphatic heterocycles. The smallest absolute Gasteiger partial charge is 0.241 e. The van der Waals surface area contributed by atoms with Crippen molar-refractivity contribution in [1.29, 1.82) is 0 Å². The van der Waals surface area contributed by atoms with Crippen LogP contribution in [0.3, 0.4) is 0 Å². The van der Waals surface area contributed by atoms with Crippen LogP contribution in [-0.4, -0.2) is 27.5 Å². The second kappa shape index (κ2) is 8.29. The van der Waals surface area contributed by atoms with E-state index in [1.54, 1.807) is 25.1 Å². The molecule has 0 saturated carbocycles. The summed E-state index contributed by atoms with van der Waals surface area (Å²) in [5.41, 5.74) is 0.325. The van der Waals surface area contributed by atoms with Crippen molar-refractivity contribution < 1.29 is 22.3 Å². The van der Waals surface area contributed by atoms with E-state index in [1.807, 2.05) is 0 Å². The van der Waals surface area contributed by atoms with Gasteiger partial charge in [0.15, 0.2) is 0 Å². The van der Waals surface area contributed by atoms with E-state index in [0.717, 1.165) is 0 Å². The molecule has 0 spiro atoms. The van der Waals surface area contributed by atoms with Crippen molar-refractivity contribution in [2.75, 3.05) is 7.11 Å². The molecule has 26 heavy (non-hydrogen) atoms. The molecule has 0 radical (unpaired) electrons. The second-order valence-electron chi connectivity index (χ2n) is 5.77. The quantitative estimate of drug-likeness (QED) is 0.772. The van der Waals surface area contributed by atoms with Gasteiger partial charge in [-0.3, -0.25) is 4.79 Å². The molecule has 2 N–H and O–H groups in total. The second-order valence-corrected chi connectivity index (χ2v) is 7.48. The highest BCUT2D eigenvalue weighted by Crippen LogP contribution is 2.17. The van der Waals surface area contributed by atoms with Gasteiger partial charge in [-0.1, -0.05) is 18.2 Å². The summed E-state index contributed by atoms with van der Waals surface area (Å²) in [6, 6.07) is 10.2. The average Bonchev–Trinajstić information content (AvgIpc) is 2.61. The van der Waals surface area contributed by atoms with E-state index in [4.69, 9.17) is 4.74 Å². The van der Waals surface area contributed by atoms with Crippen LogP contribution in [0.4, 0.5) is 4.39 Å². The van der Waals surface area contributed by atoms with Crippen LogP contribution in [0.5, 0.6) is 5.75 Å². The number of amides is 1. The molecule has 0 bridgehead atoms. The molecule has 6 nitrogen and oxygen atoms in total. The highest BCUT2D eigenvalue weighted by atomic mass is 32.2. The van der Waals surface area contributed by atoms with Gasteiger partial charge in [0.05, 0.1) is 24.1 Å². The Morgan fingerprint density at radius 3 is 2.27 bits per heavy atom. The van der Waals surface area contributed by atoms with E-state index >= 15 is 0 Å². The zero-order valence-electron chi connectivity index (χ0n) is 14.7. The number of sulfonamides is 1. The van der Waals surface area contributed by atoms with Gasteiger partial charge in [0.2, 0.25) is 15.9 Å². The van der Waals surface area contributed by atoms with Crippen molar-refractivity contribution in [3.8, 4) is 5.75 Å². The Morgan fingerprint density at radius 2 is 1.69 bits per heavy atom. The summed E-state index contributed by atoms with van der Waals surface area (Å²) in [6.07, 6.45) is 0. The summed E-state index contributed by atoms with van der Waals surface area (Å²) in [5, 5.41) is 2.60. The third-order valence-electron chi connectivity index (χ3n) is 3.83. The molecule has 1 unspecified atom stereocenters. The number of carbonyl (C=O) groups is 1. The van der Waals surface area contributed by atoms with Crippen LogP contribution in [0, 0.1) is 5.82 Å². The molecule has 0 aliphatic carbocycles. The molecular formula is C18H21FN2O4S. The predicted molar refractivity (Wildman–Crippen MR) is 95.7 cm³/mol. The highest BCUT2D eigenvalue weighted by molar-refractivity contribution is 7.89. The lowest BCUT2D eigenvalue weighted by atomic mass is 10.1. The van der Waals surface area contributed by atoms with Gasteiger partial charge in [-0.15, -0.1) is 0 Å². The van der Waals surface area contributed by atoms with Gasteiger partial charge in [-0.05, 0) is 44.2 Å². The molecule has 2 rings (SSSR count). The van der Waals surface area contributed by atoms with E-state index in [9.17, 15) is 17.6 Å². The largest absolute Gasteiger partial charge is 0.497 e. The van der Waals surface area contributed by atoms with E-state index in [-0.39, 0.29) is 4.90 Å². The van der Waals surface area contributed by atoms with E-state index < -0.39 is 33.8 Å². The molecule has 140 valence electrons. The molecule has 2 aromatic carbocycles. The topological polar surface area (TPSA) is 84.5 Å². The molecule has 0 aromatic heterocycles. The van der Waals surface area contributed by atoms with Crippen LogP contribution in [0.1, 0.15) is 25.5 Å². The van der Waals surface area contributed by atoms with Gasteiger partial charge in [0.25, 0.3) is 0 Å². The number of ether oxygens (including phenoxy) is 1. The fourth-order valence-corrected chi connectivity index (χ4v) is 3.55. The zero-order valence-corrected chi connectivity index (χ0v) is 15.5. The van der Waals surface area contributed by atoms with Crippen molar-refractivity contribution in [3.63, 3.8) is 0 Å². The van der Waals surface area contributed by atoms with Crippen LogP contribution in [-0.2, 0) is 14.8 Å². The van der Waals surface area contributed by atoms with Gasteiger partial charge in [0, 0.05) is 5.56 Å². The molecule has 8 heteroatoms. The summed E-state index contributed by atoms with van der Waals surface area (Å²) in [5.74, 6) is -0.474. The fraction of sp³-hybridized carbons (Fsp3) is 0.278. The van der Waals surface area contributed by atoms with Crippen LogP contribution < -0.4 is 14.8 Å². The molecule has 2 atom stereocenters. The monoisotopic (exact) mass is 380 g/mol. The number of rotatable bonds is 7. The third kappa shape index (κ3) is 4.80. The van der Waals surface area contributed by atoms with E-state index in [1.165, 1.54) is 44.4 Å². The summed E-state index contributed by atoms with van der Waals surface area (Å²) >= 11 is 0. The van der Waals surface area contributed by atoms with Crippen molar-refractivity contribution in [2.45, 2.75) is 30.8 Å². The first-order valence-corrected chi connectivity index (χ1v) is 9.44. The molecule has 0 heterocycles. The van der Waals surface area contributed by atoms with Crippen LogP contribution in [0.15, 0.2) is 53.4 Å². The fourth-order valence-electron chi connectivity index (χ4n) is 2.35. The van der Waals surface area contributed by atoms with Gasteiger partial charge in [-0.25, -0.2) is 12.8 Å². The lowest BCUT2D eigenvalue weighted by Crippen LogP contribution is -2.45. The minimum atomic E-state index is -3.88. The normalized spacial score (nSPS) is 13.7. The lowest BCUT2D eigenvalue weighted by molar-refractivity contribution is -0.123. The molecule has 1 amide bonds. The van der Waals surface area contributed by atoms with E-state index in [2.05, 4.69) is 10.0 Å². The first-order chi connectivity index (χ1) is 12.2. The van der Waals surface area contributed by atoms with Gasteiger partial charge >= 0.3 is 0 Å². The van der Waals surface area contributed by atoms with Gasteiger partial charge in [0.1, 0.15) is 11.6 Å². The SMILES string of the molecule is COc1ccc(S(=O)(=O)N[C@@H](C)C(=O)NC(C)c2ccccc2F)cc1. The third-order valence-corrected chi connectivity index (χ3v) is 5.38. The Bertz CT molecular complexity index is 869. The number of nitrogens with one attached hydrogen (secondary N) is 2. The Kier molecular flexibility index (Phi) is 6.33. The predicted octanol–water partition coefficient (Wildman–Crippen LogP) is 2.38. The summed E-state index contributed by atoms with van der Waals surface area (Å²) in [4.78, 5) is 12.3. The Morgan fingerprint density at radius 1 is 1.08 bits per heavy atom. The maximum Gasteiger partial charge on any atom is 0.241 e. The number of methoxy groups -OCH3 is 1. The molecule has 0 aliphatic rings. The van der Waals surface area contributed by atoms with Crippen LogP contribution in [0.25, 0.3) is 0 Å². The first kappa shape index (κ1) is 19.9. The number of carbonyl (C=O) groups excluding carboxylic acids is 1. The molecular weight excluding hydrogens is 359 g/mol. The van der Waals surface area contributed by atoms with Crippen molar-refractivity contribution in [2.24, 2.45) is 0 Å². The van der Waals surface area contributed by atoms with Crippen LogP contribution >= 0.6 is 0 Å². The molecule has 2 aromatic rings. The minimum Gasteiger partial charge on any atom is -0.497 e. The summed E-state index contributed by atoms with van der Waals surface area (Å²) in [7, 11) is -2.40. The lowest BCUT2D eigenvalue weighted by Gasteiger charge is -2.19. The summed E-state index contributed by atoms with van der Waals surface area (Å²) < 4.78 is 45.8. The molecule has 0 saturated heterocycles. The first-order valence-electron chi connectivity index (χ1n) is 7.96. The van der Waals surface area contributed by atoms with Crippen molar-refractivity contribution in [3.05, 3.63) is 59.9 Å². The average molecular weight is 380 g/mol. The Labute approximate surface area is 152 Å². The maximum absolute atomic E-state index is 13.8. The number of halogens is 1. The van der Waals surface area contributed by atoms with E-state index in [0.29, 0.717) is 11.3 Å². The van der Waals surface area contributed by atoms with Crippen molar-refractivity contribution >= 4 is 15.9 Å². The van der Waals surface area contributed by atoms with Crippen molar-refractivity contribution in [1.82, 2.24) is 10.0 Å². The Balaban J connectivity index is 2.04. The Hall–Kier alpha value is -2.45. The molecule has 0 fully saturated rings. The van der Waals surface area contributed by atoms with Gasteiger partial charge in [-0.2, -0.15) is 4.72 Å². The van der Waals surface area contributed by atoms with Gasteiger partial charge < -0.3 is 10.1 Å². The highest BCUT2D eigenvalue weighted by Gasteiger charge is 2.23. The minimum absolute atomic E-state index is 0.0140.